The molecule has 0 aliphatic heterocycles. The van der Waals surface area contributed by atoms with Crippen LogP contribution in [0.1, 0.15) is 20.3 Å². The number of aliphatic carboxylic acids is 1. The summed E-state index contributed by atoms with van der Waals surface area (Å²) in [7, 11) is 0. The van der Waals surface area contributed by atoms with Gasteiger partial charge in [-0.1, -0.05) is 23.7 Å². The van der Waals surface area contributed by atoms with Crippen LogP contribution in [0, 0.1) is 0 Å². The second-order valence-electron chi connectivity index (χ2n) is 4.59. The fourth-order valence-electron chi connectivity index (χ4n) is 1.71. The topological polar surface area (TPSA) is 40.5 Å². The number of carbonyl (C=O) groups is 1. The molecule has 0 aliphatic rings. The first-order valence-corrected chi connectivity index (χ1v) is 7.70. The van der Waals surface area contributed by atoms with Crippen LogP contribution in [0.4, 0.5) is 0 Å². The Kier molecular flexibility index (Phi) is 7.28. The fourth-order valence-corrected chi connectivity index (χ4v) is 2.88. The van der Waals surface area contributed by atoms with E-state index in [1.807, 2.05) is 43.0 Å². The van der Waals surface area contributed by atoms with Gasteiger partial charge in [-0.3, -0.25) is 9.69 Å². The van der Waals surface area contributed by atoms with Crippen LogP contribution in [0.5, 0.6) is 0 Å². The molecular formula is C14H20ClNO2S. The molecule has 0 bridgehead atoms. The molecule has 1 N–H and O–H groups in total. The molecule has 0 atom stereocenters. The molecule has 1 aromatic rings. The van der Waals surface area contributed by atoms with Crippen LogP contribution in [0.15, 0.2) is 29.2 Å². The largest absolute Gasteiger partial charge is 0.480 e. The normalized spacial score (nSPS) is 11.2. The summed E-state index contributed by atoms with van der Waals surface area (Å²) in [5.41, 5.74) is 0. The van der Waals surface area contributed by atoms with Gasteiger partial charge in [0.1, 0.15) is 0 Å². The van der Waals surface area contributed by atoms with Crippen LogP contribution in [0.3, 0.4) is 0 Å². The quantitative estimate of drug-likeness (QED) is 0.588. The number of hydrogen-bond acceptors (Lipinski definition) is 3. The lowest BCUT2D eigenvalue weighted by Gasteiger charge is -2.24. The maximum atomic E-state index is 10.7. The first-order chi connectivity index (χ1) is 9.00. The van der Waals surface area contributed by atoms with Gasteiger partial charge in [-0.15, -0.1) is 11.8 Å². The van der Waals surface area contributed by atoms with Crippen molar-refractivity contribution in [3.63, 3.8) is 0 Å². The van der Waals surface area contributed by atoms with E-state index in [-0.39, 0.29) is 12.6 Å². The van der Waals surface area contributed by atoms with Crippen molar-refractivity contribution in [2.45, 2.75) is 31.2 Å². The molecule has 1 rings (SSSR count). The van der Waals surface area contributed by atoms with E-state index in [1.165, 1.54) is 0 Å². The predicted octanol–water partition coefficient (Wildman–Crippen LogP) is 3.62. The summed E-state index contributed by atoms with van der Waals surface area (Å²) in [4.78, 5) is 13.8. The monoisotopic (exact) mass is 301 g/mol. The highest BCUT2D eigenvalue weighted by Gasteiger charge is 2.12. The van der Waals surface area contributed by atoms with E-state index in [4.69, 9.17) is 16.7 Å². The highest BCUT2D eigenvalue weighted by Crippen LogP contribution is 2.26. The summed E-state index contributed by atoms with van der Waals surface area (Å²) in [6.45, 7) is 4.93. The molecule has 0 fully saturated rings. The molecule has 3 nitrogen and oxygen atoms in total. The first kappa shape index (κ1) is 16.3. The zero-order chi connectivity index (χ0) is 14.3. The maximum Gasteiger partial charge on any atom is 0.317 e. The molecule has 0 radical (unpaired) electrons. The fraction of sp³-hybridized carbons (Fsp3) is 0.500. The summed E-state index contributed by atoms with van der Waals surface area (Å²) in [6.07, 6.45) is 0.946. The number of halogens is 1. The van der Waals surface area contributed by atoms with Crippen molar-refractivity contribution in [2.75, 3.05) is 18.8 Å². The lowest BCUT2D eigenvalue weighted by Crippen LogP contribution is -2.36. The zero-order valence-corrected chi connectivity index (χ0v) is 12.9. The first-order valence-electron chi connectivity index (χ1n) is 6.34. The van der Waals surface area contributed by atoms with Crippen molar-refractivity contribution in [1.29, 1.82) is 0 Å². The maximum absolute atomic E-state index is 10.7. The Morgan fingerprint density at radius 1 is 1.42 bits per heavy atom. The van der Waals surface area contributed by atoms with Crippen LogP contribution < -0.4 is 0 Å². The van der Waals surface area contributed by atoms with Gasteiger partial charge in [0.25, 0.3) is 0 Å². The van der Waals surface area contributed by atoms with Crippen molar-refractivity contribution in [1.82, 2.24) is 4.90 Å². The lowest BCUT2D eigenvalue weighted by molar-refractivity contribution is -0.138. The third-order valence-electron chi connectivity index (χ3n) is 2.75. The molecule has 0 aliphatic carbocycles. The average molecular weight is 302 g/mol. The molecular weight excluding hydrogens is 282 g/mol. The van der Waals surface area contributed by atoms with Crippen LogP contribution in [-0.2, 0) is 4.79 Å². The second kappa shape index (κ2) is 8.46. The minimum atomic E-state index is -0.771. The van der Waals surface area contributed by atoms with Gasteiger partial charge in [-0.2, -0.15) is 0 Å². The zero-order valence-electron chi connectivity index (χ0n) is 11.3. The van der Waals surface area contributed by atoms with E-state index in [1.54, 1.807) is 11.8 Å². The number of hydrogen-bond donors (Lipinski definition) is 1. The molecule has 5 heteroatoms. The minimum Gasteiger partial charge on any atom is -0.480 e. The van der Waals surface area contributed by atoms with Gasteiger partial charge in [0.05, 0.1) is 11.6 Å². The number of carboxylic acids is 1. The van der Waals surface area contributed by atoms with Gasteiger partial charge in [0.15, 0.2) is 0 Å². The van der Waals surface area contributed by atoms with Gasteiger partial charge in [0, 0.05) is 10.9 Å². The second-order valence-corrected chi connectivity index (χ2v) is 6.13. The molecule has 0 heterocycles. The molecule has 1 aromatic carbocycles. The van der Waals surface area contributed by atoms with E-state index in [9.17, 15) is 4.79 Å². The highest BCUT2D eigenvalue weighted by molar-refractivity contribution is 7.99. The van der Waals surface area contributed by atoms with E-state index in [2.05, 4.69) is 0 Å². The predicted molar refractivity (Wildman–Crippen MR) is 81.1 cm³/mol. The number of benzene rings is 1. The SMILES string of the molecule is CC(C)N(CCCSc1ccccc1Cl)CC(=O)O. The number of nitrogens with zero attached hydrogens (tertiary/aromatic N) is 1. The summed E-state index contributed by atoms with van der Waals surface area (Å²) in [6, 6.07) is 8.03. The lowest BCUT2D eigenvalue weighted by atomic mass is 10.3. The third-order valence-corrected chi connectivity index (χ3v) is 4.35. The molecule has 0 spiro atoms. The summed E-state index contributed by atoms with van der Waals surface area (Å²) < 4.78 is 0. The van der Waals surface area contributed by atoms with Gasteiger partial charge < -0.3 is 5.11 Å². The highest BCUT2D eigenvalue weighted by atomic mass is 35.5. The van der Waals surface area contributed by atoms with Crippen molar-refractivity contribution in [3.8, 4) is 0 Å². The summed E-state index contributed by atoms with van der Waals surface area (Å²) >= 11 is 7.79. The molecule has 19 heavy (non-hydrogen) atoms. The molecule has 0 aromatic heterocycles. The van der Waals surface area contributed by atoms with Crippen molar-refractivity contribution in [3.05, 3.63) is 29.3 Å². The number of rotatable bonds is 8. The van der Waals surface area contributed by atoms with Crippen molar-refractivity contribution in [2.24, 2.45) is 0 Å². The van der Waals surface area contributed by atoms with E-state index >= 15 is 0 Å². The van der Waals surface area contributed by atoms with Gasteiger partial charge in [-0.25, -0.2) is 0 Å². The molecule has 0 amide bonds. The Bertz CT molecular complexity index is 412. The van der Waals surface area contributed by atoms with Crippen molar-refractivity contribution < 1.29 is 9.90 Å². The Labute approximate surface area is 123 Å². The van der Waals surface area contributed by atoms with Crippen molar-refractivity contribution >= 4 is 29.3 Å². The number of carboxylic acid groups (broad SMARTS) is 1. The Morgan fingerprint density at radius 3 is 2.68 bits per heavy atom. The standard InChI is InChI=1S/C14H20ClNO2S/c1-11(2)16(10-14(17)18)8-5-9-19-13-7-4-3-6-12(13)15/h3-4,6-7,11H,5,8-10H2,1-2H3,(H,17,18). The van der Waals surface area contributed by atoms with Gasteiger partial charge in [-0.05, 0) is 44.7 Å². The third kappa shape index (κ3) is 6.32. The Morgan fingerprint density at radius 2 is 2.11 bits per heavy atom. The van der Waals surface area contributed by atoms with Crippen LogP contribution >= 0.6 is 23.4 Å². The summed E-state index contributed by atoms with van der Waals surface area (Å²) in [5.74, 6) is 0.166. The van der Waals surface area contributed by atoms with Crippen LogP contribution in [-0.4, -0.2) is 40.9 Å². The minimum absolute atomic E-state index is 0.106. The Hall–Kier alpha value is -0.710. The molecule has 0 saturated carbocycles. The van der Waals surface area contributed by atoms with Crippen LogP contribution in [0.25, 0.3) is 0 Å². The van der Waals surface area contributed by atoms with E-state index in [0.29, 0.717) is 0 Å². The smallest absolute Gasteiger partial charge is 0.317 e. The van der Waals surface area contributed by atoms with Gasteiger partial charge >= 0.3 is 5.97 Å². The summed E-state index contributed by atoms with van der Waals surface area (Å²) in [5, 5.41) is 9.62. The molecule has 0 unspecified atom stereocenters. The van der Waals surface area contributed by atoms with Gasteiger partial charge in [0.2, 0.25) is 0 Å². The van der Waals surface area contributed by atoms with Crippen LogP contribution in [0.2, 0.25) is 5.02 Å². The molecule has 0 saturated heterocycles. The number of thioether (sulfide) groups is 1. The average Bonchev–Trinajstić information content (AvgIpc) is 2.34. The van der Waals surface area contributed by atoms with E-state index in [0.717, 1.165) is 28.6 Å². The van der Waals surface area contributed by atoms with E-state index < -0.39 is 5.97 Å². The molecule has 106 valence electrons. The Balaban J connectivity index is 2.33.